The topological polar surface area (TPSA) is 84.3 Å². The monoisotopic (exact) mass is 466 g/mol. The molecule has 0 saturated carbocycles. The smallest absolute Gasteiger partial charge is 0.255 e. The fourth-order valence-corrected chi connectivity index (χ4v) is 5.63. The highest BCUT2D eigenvalue weighted by Gasteiger charge is 2.27. The molecule has 1 saturated heterocycles. The van der Waals surface area contributed by atoms with Gasteiger partial charge in [-0.25, -0.2) is 13.1 Å². The third-order valence-electron chi connectivity index (χ3n) is 5.96. The lowest BCUT2D eigenvalue weighted by molar-refractivity contribution is 0.0949. The number of sulfonamides is 1. The van der Waals surface area contributed by atoms with Crippen LogP contribution in [0.2, 0.25) is 0 Å². The van der Waals surface area contributed by atoms with Gasteiger partial charge in [0.05, 0.1) is 28.0 Å². The van der Waals surface area contributed by atoms with Gasteiger partial charge in [-0.2, -0.15) is 9.40 Å². The van der Waals surface area contributed by atoms with E-state index in [1.54, 1.807) is 30.5 Å². The average Bonchev–Trinajstić information content (AvgIpc) is 3.49. The Kier molecular flexibility index (Phi) is 6.67. The van der Waals surface area contributed by atoms with E-state index in [9.17, 15) is 13.2 Å². The number of aromatic nitrogens is 2. The van der Waals surface area contributed by atoms with E-state index in [1.165, 1.54) is 4.31 Å². The molecule has 1 N–H and O–H groups in total. The summed E-state index contributed by atoms with van der Waals surface area (Å²) in [6, 6.07) is 14.8. The Morgan fingerprint density at radius 3 is 2.27 bits per heavy atom. The molecule has 7 nitrogen and oxygen atoms in total. The molecule has 1 amide bonds. The molecular formula is C25H30N4O3S. The van der Waals surface area contributed by atoms with Crippen LogP contribution in [-0.4, -0.2) is 41.5 Å². The number of hydrogen-bond acceptors (Lipinski definition) is 4. The van der Waals surface area contributed by atoms with E-state index in [4.69, 9.17) is 0 Å². The molecule has 0 unspecified atom stereocenters. The number of nitrogens with one attached hydrogen (secondary N) is 1. The molecule has 1 aliphatic heterocycles. The Hall–Kier alpha value is -2.97. The maximum atomic E-state index is 13.0. The zero-order valence-electron chi connectivity index (χ0n) is 19.3. The van der Waals surface area contributed by atoms with Gasteiger partial charge in [0.2, 0.25) is 10.0 Å². The van der Waals surface area contributed by atoms with Gasteiger partial charge in [0.25, 0.3) is 5.91 Å². The minimum atomic E-state index is -3.44. The summed E-state index contributed by atoms with van der Waals surface area (Å²) >= 11 is 0. The van der Waals surface area contributed by atoms with Crippen molar-refractivity contribution in [3.63, 3.8) is 0 Å². The minimum absolute atomic E-state index is 0.102. The largest absolute Gasteiger partial charge is 0.348 e. The summed E-state index contributed by atoms with van der Waals surface area (Å²) in [6.07, 6.45) is 3.42. The highest BCUT2D eigenvalue weighted by Crippen LogP contribution is 2.24. The predicted molar refractivity (Wildman–Crippen MR) is 128 cm³/mol. The Bertz CT molecular complexity index is 1220. The van der Waals surface area contributed by atoms with Crippen molar-refractivity contribution in [2.24, 2.45) is 0 Å². The summed E-state index contributed by atoms with van der Waals surface area (Å²) in [5.41, 5.74) is 4.30. The first kappa shape index (κ1) is 23.2. The molecule has 1 fully saturated rings. The third-order valence-corrected chi connectivity index (χ3v) is 7.87. The van der Waals surface area contributed by atoms with Gasteiger partial charge in [0.15, 0.2) is 0 Å². The molecule has 2 aromatic carbocycles. The van der Waals surface area contributed by atoms with Crippen molar-refractivity contribution in [1.82, 2.24) is 19.4 Å². The first-order valence-electron chi connectivity index (χ1n) is 11.3. The second kappa shape index (κ2) is 9.49. The van der Waals surface area contributed by atoms with E-state index < -0.39 is 10.0 Å². The zero-order valence-corrected chi connectivity index (χ0v) is 20.1. The standard InChI is InChI=1S/C25H30N4O3S/c1-18(2)24-23(17-27-29(24)21-10-6-19(3)7-11-21)25(30)26-16-20-8-12-22(13-9-20)33(31,32)28-14-4-5-15-28/h6-13,17-18H,4-5,14-16H2,1-3H3,(H,26,30). The molecule has 174 valence electrons. The predicted octanol–water partition coefficient (Wildman–Crippen LogP) is 4.02. The summed E-state index contributed by atoms with van der Waals surface area (Å²) < 4.78 is 28.7. The van der Waals surface area contributed by atoms with Crippen LogP contribution in [0.15, 0.2) is 59.6 Å². The van der Waals surface area contributed by atoms with Crippen LogP contribution in [0.3, 0.4) is 0 Å². The Labute approximate surface area is 195 Å². The lowest BCUT2D eigenvalue weighted by Gasteiger charge is -2.16. The quantitative estimate of drug-likeness (QED) is 0.570. The molecule has 8 heteroatoms. The van der Waals surface area contributed by atoms with Crippen molar-refractivity contribution in [3.8, 4) is 5.69 Å². The molecule has 4 rings (SSSR count). The highest BCUT2D eigenvalue weighted by molar-refractivity contribution is 7.89. The van der Waals surface area contributed by atoms with Crippen LogP contribution in [0, 0.1) is 6.92 Å². The van der Waals surface area contributed by atoms with E-state index in [0.29, 0.717) is 30.1 Å². The molecule has 0 aliphatic carbocycles. The lowest BCUT2D eigenvalue weighted by Crippen LogP contribution is -2.28. The summed E-state index contributed by atoms with van der Waals surface area (Å²) in [6.45, 7) is 7.57. The van der Waals surface area contributed by atoms with E-state index in [1.807, 2.05) is 49.7 Å². The number of carbonyl (C=O) groups excluding carboxylic acids is 1. The molecule has 0 atom stereocenters. The van der Waals surface area contributed by atoms with E-state index in [0.717, 1.165) is 35.3 Å². The van der Waals surface area contributed by atoms with Gasteiger partial charge in [0, 0.05) is 19.6 Å². The van der Waals surface area contributed by atoms with Crippen molar-refractivity contribution in [2.45, 2.75) is 51.0 Å². The van der Waals surface area contributed by atoms with Gasteiger partial charge in [-0.05, 0) is 55.5 Å². The molecule has 0 bridgehead atoms. The van der Waals surface area contributed by atoms with Crippen molar-refractivity contribution in [3.05, 3.63) is 77.1 Å². The number of hydrogen-bond donors (Lipinski definition) is 1. The van der Waals surface area contributed by atoms with Crippen LogP contribution in [-0.2, 0) is 16.6 Å². The average molecular weight is 467 g/mol. The molecule has 2 heterocycles. The Morgan fingerprint density at radius 2 is 1.67 bits per heavy atom. The minimum Gasteiger partial charge on any atom is -0.348 e. The first-order chi connectivity index (χ1) is 15.8. The maximum Gasteiger partial charge on any atom is 0.255 e. The number of carbonyl (C=O) groups is 1. The van der Waals surface area contributed by atoms with Crippen molar-refractivity contribution >= 4 is 15.9 Å². The van der Waals surface area contributed by atoms with Crippen molar-refractivity contribution in [1.29, 1.82) is 0 Å². The molecule has 33 heavy (non-hydrogen) atoms. The molecule has 0 radical (unpaired) electrons. The summed E-state index contributed by atoms with van der Waals surface area (Å²) in [7, 11) is -3.44. The van der Waals surface area contributed by atoms with Gasteiger partial charge < -0.3 is 5.32 Å². The van der Waals surface area contributed by atoms with Crippen molar-refractivity contribution < 1.29 is 13.2 Å². The van der Waals surface area contributed by atoms with Gasteiger partial charge >= 0.3 is 0 Å². The fraction of sp³-hybridized carbons (Fsp3) is 0.360. The zero-order chi connectivity index (χ0) is 23.6. The number of amides is 1. The second-order valence-corrected chi connectivity index (χ2v) is 10.7. The van der Waals surface area contributed by atoms with Crippen LogP contribution in [0.25, 0.3) is 5.69 Å². The molecule has 1 aromatic heterocycles. The highest BCUT2D eigenvalue weighted by atomic mass is 32.2. The van der Waals surface area contributed by atoms with Crippen LogP contribution < -0.4 is 5.32 Å². The number of aryl methyl sites for hydroxylation is 1. The van der Waals surface area contributed by atoms with Crippen LogP contribution in [0.5, 0.6) is 0 Å². The Morgan fingerprint density at radius 1 is 1.03 bits per heavy atom. The van der Waals surface area contributed by atoms with Gasteiger partial charge in [-0.1, -0.05) is 43.7 Å². The molecule has 3 aromatic rings. The van der Waals surface area contributed by atoms with Crippen LogP contribution in [0.4, 0.5) is 0 Å². The van der Waals surface area contributed by atoms with E-state index in [-0.39, 0.29) is 11.8 Å². The summed E-state index contributed by atoms with van der Waals surface area (Å²) in [4.78, 5) is 13.3. The number of benzene rings is 2. The first-order valence-corrected chi connectivity index (χ1v) is 12.7. The van der Waals surface area contributed by atoms with Gasteiger partial charge in [0.1, 0.15) is 0 Å². The van der Waals surface area contributed by atoms with Crippen molar-refractivity contribution in [2.75, 3.05) is 13.1 Å². The van der Waals surface area contributed by atoms with E-state index >= 15 is 0 Å². The van der Waals surface area contributed by atoms with Gasteiger partial charge in [-0.15, -0.1) is 0 Å². The maximum absolute atomic E-state index is 13.0. The van der Waals surface area contributed by atoms with Crippen LogP contribution >= 0.6 is 0 Å². The summed E-state index contributed by atoms with van der Waals surface area (Å²) in [5, 5.41) is 7.42. The number of rotatable bonds is 7. The summed E-state index contributed by atoms with van der Waals surface area (Å²) in [5.74, 6) is -0.101. The van der Waals surface area contributed by atoms with E-state index in [2.05, 4.69) is 10.4 Å². The van der Waals surface area contributed by atoms with Crippen LogP contribution in [0.1, 0.15) is 59.8 Å². The normalized spacial score (nSPS) is 14.7. The second-order valence-electron chi connectivity index (χ2n) is 8.78. The Balaban J connectivity index is 1.47. The number of nitrogens with zero attached hydrogens (tertiary/aromatic N) is 3. The third kappa shape index (κ3) is 4.86. The fourth-order valence-electron chi connectivity index (χ4n) is 4.11. The molecule has 1 aliphatic rings. The van der Waals surface area contributed by atoms with Gasteiger partial charge in [-0.3, -0.25) is 4.79 Å². The molecule has 0 spiro atoms. The lowest BCUT2D eigenvalue weighted by atomic mass is 10.0. The SMILES string of the molecule is Cc1ccc(-n2ncc(C(=O)NCc3ccc(S(=O)(=O)N4CCCC4)cc3)c2C(C)C)cc1. The molecular weight excluding hydrogens is 436 g/mol.